The molecule has 194 valence electrons. The Hall–Kier alpha value is -3.46. The molecule has 3 N–H and O–H groups in total. The Bertz CT molecular complexity index is 1160. The first kappa shape index (κ1) is 27.1. The van der Waals surface area contributed by atoms with E-state index >= 15 is 0 Å². The number of anilines is 1. The normalized spacial score (nSPS) is 19.1. The number of β-lactam (4-membered cyclic amide) rings is 1. The number of thiazole rings is 1. The molecule has 1 aromatic rings. The molecule has 0 unspecified atom stereocenters. The monoisotopic (exact) mass is 540 g/mol. The highest BCUT2D eigenvalue weighted by Crippen LogP contribution is 2.40. The molecule has 0 radical (unpaired) electrons. The zero-order valence-corrected chi connectivity index (χ0v) is 21.4. The third kappa shape index (κ3) is 5.84. The van der Waals surface area contributed by atoms with E-state index in [1.807, 2.05) is 6.92 Å². The molecule has 1 aromatic heterocycles. The predicted octanol–water partition coefficient (Wildman–Crippen LogP) is 1.36. The fourth-order valence-electron chi connectivity index (χ4n) is 3.18. The van der Waals surface area contributed by atoms with Gasteiger partial charge in [0.25, 0.3) is 17.6 Å². The lowest BCUT2D eigenvalue weighted by Gasteiger charge is -2.49. The van der Waals surface area contributed by atoms with Gasteiger partial charge in [-0.3, -0.25) is 29.4 Å². The fourth-order valence-corrected chi connectivity index (χ4v) is 5.18. The topological polar surface area (TPSA) is 181 Å². The molecule has 1 saturated heterocycles. The van der Waals surface area contributed by atoms with Crippen molar-refractivity contribution in [1.29, 1.82) is 0 Å². The molecule has 0 spiro atoms. The first-order chi connectivity index (χ1) is 16.8. The van der Waals surface area contributed by atoms with Crippen LogP contribution < -0.4 is 10.6 Å². The van der Waals surface area contributed by atoms with Crippen LogP contribution in [0.25, 0.3) is 0 Å². The van der Waals surface area contributed by atoms with Crippen LogP contribution in [0.4, 0.5) is 9.93 Å². The van der Waals surface area contributed by atoms with Gasteiger partial charge in [-0.25, -0.2) is 14.6 Å². The molecule has 0 saturated carbocycles. The first-order valence-electron chi connectivity index (χ1n) is 10.7. The molecule has 3 amide bonds. The van der Waals surface area contributed by atoms with Gasteiger partial charge in [0.2, 0.25) is 0 Å². The number of nitrogens with zero attached hydrogens (tertiary/aromatic N) is 2. The van der Waals surface area contributed by atoms with Crippen molar-refractivity contribution in [3.63, 3.8) is 0 Å². The highest BCUT2D eigenvalue weighted by atomic mass is 32.2. The summed E-state index contributed by atoms with van der Waals surface area (Å²) < 4.78 is 10.1. The number of esters is 1. The number of aromatic nitrogens is 1. The van der Waals surface area contributed by atoms with Gasteiger partial charge < -0.3 is 19.9 Å². The maximum absolute atomic E-state index is 12.7. The van der Waals surface area contributed by atoms with Gasteiger partial charge in [0.05, 0.1) is 0 Å². The minimum atomic E-state index is -1.37. The van der Waals surface area contributed by atoms with Crippen LogP contribution in [0.3, 0.4) is 0 Å². The Morgan fingerprint density at radius 3 is 2.58 bits per heavy atom. The summed E-state index contributed by atoms with van der Waals surface area (Å²) in [6, 6.07) is -1.13. The molecule has 0 bridgehead atoms. The average Bonchev–Trinajstić information content (AvgIpc) is 3.27. The second-order valence-electron chi connectivity index (χ2n) is 8.39. The summed E-state index contributed by atoms with van der Waals surface area (Å²) in [6.45, 7) is 6.22. The van der Waals surface area contributed by atoms with E-state index in [2.05, 4.69) is 15.6 Å². The predicted molar refractivity (Wildman–Crippen MR) is 127 cm³/mol. The van der Waals surface area contributed by atoms with Gasteiger partial charge >= 0.3 is 18.0 Å². The SMILES string of the molecule is CCC(C)(C)OC(=O)Nc1nc(C(=O)C(=O)N[C@@H]2C(=O)N3C(C(=O)O)=C(COC(C)=O)CS[C@H]23)cs1. The van der Waals surface area contributed by atoms with Gasteiger partial charge in [-0.05, 0) is 20.3 Å². The summed E-state index contributed by atoms with van der Waals surface area (Å²) in [6.07, 6.45) is -0.180. The van der Waals surface area contributed by atoms with Gasteiger partial charge in [-0.1, -0.05) is 6.92 Å². The Balaban J connectivity index is 1.63. The van der Waals surface area contributed by atoms with Gasteiger partial charge in [0.15, 0.2) is 5.13 Å². The second kappa shape index (κ2) is 10.7. The molecule has 36 heavy (non-hydrogen) atoms. The summed E-state index contributed by atoms with van der Waals surface area (Å²) in [5.41, 5.74) is -0.999. The Kier molecular flexibility index (Phi) is 8.03. The lowest BCUT2D eigenvalue weighted by atomic mass is 10.0. The fraction of sp³-hybridized carbons (Fsp3) is 0.476. The summed E-state index contributed by atoms with van der Waals surface area (Å²) >= 11 is 2.08. The number of fused-ring (bicyclic) bond motifs is 1. The van der Waals surface area contributed by atoms with Crippen LogP contribution in [0.2, 0.25) is 0 Å². The van der Waals surface area contributed by atoms with E-state index in [1.165, 1.54) is 12.3 Å². The zero-order valence-electron chi connectivity index (χ0n) is 19.8. The minimum absolute atomic E-state index is 0.0494. The van der Waals surface area contributed by atoms with Crippen LogP contribution in [0.15, 0.2) is 16.7 Å². The second-order valence-corrected chi connectivity index (χ2v) is 10.4. The lowest BCUT2D eigenvalue weighted by Crippen LogP contribution is -2.71. The molecule has 15 heteroatoms. The third-order valence-electron chi connectivity index (χ3n) is 5.36. The number of nitrogens with one attached hydrogen (secondary N) is 2. The number of carboxylic acids is 1. The molecule has 2 aliphatic rings. The molecular formula is C21H24N4O9S2. The summed E-state index contributed by atoms with van der Waals surface area (Å²) in [4.78, 5) is 77.4. The Morgan fingerprint density at radius 2 is 1.97 bits per heavy atom. The molecular weight excluding hydrogens is 516 g/mol. The van der Waals surface area contributed by atoms with Gasteiger partial charge in [-0.15, -0.1) is 23.1 Å². The molecule has 3 rings (SSSR count). The van der Waals surface area contributed by atoms with Crippen LogP contribution in [-0.4, -0.2) is 80.0 Å². The number of hydrogen-bond acceptors (Lipinski definition) is 11. The van der Waals surface area contributed by atoms with Crippen LogP contribution in [0.5, 0.6) is 0 Å². The van der Waals surface area contributed by atoms with Crippen molar-refractivity contribution in [3.05, 3.63) is 22.3 Å². The maximum atomic E-state index is 12.7. The number of carboxylic acid groups (broad SMARTS) is 1. The van der Waals surface area contributed by atoms with Crippen LogP contribution in [0, 0.1) is 0 Å². The smallest absolute Gasteiger partial charge is 0.413 e. The minimum Gasteiger partial charge on any atom is -0.477 e. The number of amides is 3. The zero-order chi connectivity index (χ0) is 26.8. The number of ketones is 1. The number of rotatable bonds is 9. The lowest BCUT2D eigenvalue weighted by molar-refractivity contribution is -0.150. The standard InChI is InChI=1S/C21H24N4O9S2/c1-5-21(3,4)34-20(32)24-19-22-11(8-36-19)14(27)15(28)23-12-16(29)25-13(18(30)31)10(6-33-9(2)26)7-35-17(12)25/h8,12,17H,5-7H2,1-4H3,(H,23,28)(H,30,31)(H,22,24,32)/t12-,17-/m1/s1. The first-order valence-corrected chi connectivity index (χ1v) is 12.6. The number of ether oxygens (including phenoxy) is 2. The molecule has 13 nitrogen and oxygen atoms in total. The molecule has 2 atom stereocenters. The van der Waals surface area contributed by atoms with Crippen LogP contribution in [-0.2, 0) is 28.7 Å². The van der Waals surface area contributed by atoms with E-state index < -0.39 is 52.6 Å². The van der Waals surface area contributed by atoms with Crippen molar-refractivity contribution in [3.8, 4) is 0 Å². The summed E-state index contributed by atoms with van der Waals surface area (Å²) in [5, 5.41) is 14.9. The molecule has 3 heterocycles. The van der Waals surface area contributed by atoms with Crippen molar-refractivity contribution in [2.75, 3.05) is 17.7 Å². The van der Waals surface area contributed by atoms with E-state index in [0.29, 0.717) is 6.42 Å². The quantitative estimate of drug-likeness (QED) is 0.178. The number of thioether (sulfide) groups is 1. The maximum Gasteiger partial charge on any atom is 0.413 e. The Labute approximate surface area is 213 Å². The van der Waals surface area contributed by atoms with Crippen molar-refractivity contribution in [1.82, 2.24) is 15.2 Å². The van der Waals surface area contributed by atoms with Gasteiger partial charge in [-0.2, -0.15) is 0 Å². The van der Waals surface area contributed by atoms with Crippen molar-refractivity contribution in [2.24, 2.45) is 0 Å². The van der Waals surface area contributed by atoms with E-state index in [-0.39, 0.29) is 34.5 Å². The van der Waals surface area contributed by atoms with E-state index in [1.54, 1.807) is 13.8 Å². The van der Waals surface area contributed by atoms with Crippen LogP contribution >= 0.6 is 23.1 Å². The van der Waals surface area contributed by atoms with E-state index in [4.69, 9.17) is 9.47 Å². The Morgan fingerprint density at radius 1 is 1.28 bits per heavy atom. The van der Waals surface area contributed by atoms with E-state index in [9.17, 15) is 33.9 Å². The van der Waals surface area contributed by atoms with Crippen molar-refractivity contribution in [2.45, 2.75) is 51.1 Å². The highest BCUT2D eigenvalue weighted by Gasteiger charge is 2.54. The van der Waals surface area contributed by atoms with Gasteiger partial charge in [0, 0.05) is 23.6 Å². The third-order valence-corrected chi connectivity index (χ3v) is 7.46. The summed E-state index contributed by atoms with van der Waals surface area (Å²) in [7, 11) is 0. The van der Waals surface area contributed by atoms with Crippen molar-refractivity contribution >= 4 is 63.9 Å². The number of hydrogen-bond donors (Lipinski definition) is 3. The number of carbonyl (C=O) groups is 6. The highest BCUT2D eigenvalue weighted by molar-refractivity contribution is 8.00. The molecule has 2 aliphatic heterocycles. The van der Waals surface area contributed by atoms with E-state index in [0.717, 1.165) is 28.0 Å². The largest absolute Gasteiger partial charge is 0.477 e. The summed E-state index contributed by atoms with van der Waals surface area (Å²) in [5.74, 6) is -4.67. The number of aliphatic carboxylic acids is 1. The van der Waals surface area contributed by atoms with Crippen LogP contribution in [0.1, 0.15) is 44.6 Å². The molecule has 0 aliphatic carbocycles. The molecule has 0 aromatic carbocycles. The number of Topliss-reactive ketones (excluding diaryl/α,β-unsaturated/α-hetero) is 1. The van der Waals surface area contributed by atoms with Gasteiger partial charge in [0.1, 0.15) is 35.0 Å². The molecule has 1 fully saturated rings. The average molecular weight is 541 g/mol. The van der Waals surface area contributed by atoms with Crippen molar-refractivity contribution < 1.29 is 43.3 Å². The number of carbonyl (C=O) groups excluding carboxylic acids is 5.